The van der Waals surface area contributed by atoms with Gasteiger partial charge in [0.25, 0.3) is 0 Å². The summed E-state index contributed by atoms with van der Waals surface area (Å²) in [6.45, 7) is 6.39. The van der Waals surface area contributed by atoms with Gasteiger partial charge in [-0.05, 0) is 49.6 Å². The Hall–Kier alpha value is -1.25. The number of piperidine rings is 1. The minimum Gasteiger partial charge on any atom is -0.356 e. The number of carbonyl (C=O) groups excluding carboxylic acids is 1. The van der Waals surface area contributed by atoms with Crippen molar-refractivity contribution >= 4 is 35.0 Å². The van der Waals surface area contributed by atoms with E-state index in [1.165, 1.54) is 17.7 Å². The molecule has 2 heterocycles. The van der Waals surface area contributed by atoms with Crippen molar-refractivity contribution in [3.63, 3.8) is 0 Å². The number of nitrogens with one attached hydrogen (secondary N) is 2. The van der Waals surface area contributed by atoms with Gasteiger partial charge in [-0.3, -0.25) is 9.69 Å². The Labute approximate surface area is 178 Å². The molecule has 1 aromatic heterocycles. The molecular weight excluding hydrogens is 390 g/mol. The molecule has 6 nitrogen and oxygen atoms in total. The van der Waals surface area contributed by atoms with Crippen LogP contribution in [-0.2, 0) is 4.79 Å². The summed E-state index contributed by atoms with van der Waals surface area (Å²) in [5, 5.41) is 9.00. The average molecular weight is 426 g/mol. The van der Waals surface area contributed by atoms with E-state index >= 15 is 0 Å². The second-order valence-corrected chi connectivity index (χ2v) is 9.47. The quantitative estimate of drug-likeness (QED) is 0.362. The predicted molar refractivity (Wildman–Crippen MR) is 122 cm³/mol. The van der Waals surface area contributed by atoms with Crippen LogP contribution in [-0.4, -0.2) is 80.5 Å². The maximum Gasteiger partial charge on any atom is 0.243 e. The van der Waals surface area contributed by atoms with Crippen LogP contribution in [0.15, 0.2) is 22.5 Å². The summed E-state index contributed by atoms with van der Waals surface area (Å²) < 4.78 is 0. The summed E-state index contributed by atoms with van der Waals surface area (Å²) in [6.07, 6.45) is 4.60. The first-order chi connectivity index (χ1) is 13.5. The number of guanidine groups is 1. The Morgan fingerprint density at radius 2 is 2.14 bits per heavy atom. The molecule has 1 amide bonds. The van der Waals surface area contributed by atoms with E-state index in [2.05, 4.69) is 51.2 Å². The largest absolute Gasteiger partial charge is 0.356 e. The van der Waals surface area contributed by atoms with Crippen molar-refractivity contribution in [1.29, 1.82) is 0 Å². The smallest absolute Gasteiger partial charge is 0.243 e. The molecule has 0 radical (unpaired) electrons. The number of amides is 1. The lowest BCUT2D eigenvalue weighted by atomic mass is 9.97. The molecular formula is C20H35N5OS2. The van der Waals surface area contributed by atoms with Crippen molar-refractivity contribution in [3.05, 3.63) is 22.4 Å². The van der Waals surface area contributed by atoms with Gasteiger partial charge in [-0.15, -0.1) is 11.3 Å². The number of rotatable bonds is 9. The lowest BCUT2D eigenvalue weighted by Gasteiger charge is -2.36. The van der Waals surface area contributed by atoms with Gasteiger partial charge in [-0.25, -0.2) is 4.99 Å². The van der Waals surface area contributed by atoms with Gasteiger partial charge in [-0.2, -0.15) is 11.8 Å². The number of thiophene rings is 1. The predicted octanol–water partition coefficient (Wildman–Crippen LogP) is 2.51. The van der Waals surface area contributed by atoms with Crippen LogP contribution in [0.25, 0.3) is 0 Å². The van der Waals surface area contributed by atoms with E-state index in [-0.39, 0.29) is 12.5 Å². The molecule has 2 N–H and O–H groups in total. The standard InChI is InChI=1S/C20H35N5OS2/c1-16-7-10-25(11-8-16)17(18-6-5-12-28-18)14-22-20(21-9-13-27-4)23-15-19(26)24(2)3/h5-6,12,16-17H,7-11,13-15H2,1-4H3,(H2,21,22,23). The highest BCUT2D eigenvalue weighted by Gasteiger charge is 2.25. The first kappa shape index (κ1) is 23.0. The van der Waals surface area contributed by atoms with E-state index in [1.807, 2.05) is 11.3 Å². The van der Waals surface area contributed by atoms with Gasteiger partial charge in [0.05, 0.1) is 6.04 Å². The second-order valence-electron chi connectivity index (χ2n) is 7.50. The van der Waals surface area contributed by atoms with Crippen LogP contribution in [0.2, 0.25) is 0 Å². The van der Waals surface area contributed by atoms with Crippen molar-refractivity contribution < 1.29 is 4.79 Å². The van der Waals surface area contributed by atoms with Crippen LogP contribution >= 0.6 is 23.1 Å². The monoisotopic (exact) mass is 425 g/mol. The summed E-state index contributed by atoms with van der Waals surface area (Å²) >= 11 is 3.61. The summed E-state index contributed by atoms with van der Waals surface area (Å²) in [6, 6.07) is 4.69. The van der Waals surface area contributed by atoms with Crippen LogP contribution in [0.4, 0.5) is 0 Å². The topological polar surface area (TPSA) is 60.0 Å². The molecule has 0 aromatic carbocycles. The number of nitrogens with zero attached hydrogens (tertiary/aromatic N) is 3. The molecule has 28 heavy (non-hydrogen) atoms. The fourth-order valence-corrected chi connectivity index (χ4v) is 4.33. The molecule has 0 aliphatic carbocycles. The van der Waals surface area contributed by atoms with Crippen molar-refractivity contribution in [3.8, 4) is 0 Å². The van der Waals surface area contributed by atoms with Gasteiger partial charge >= 0.3 is 0 Å². The van der Waals surface area contributed by atoms with Crippen LogP contribution < -0.4 is 10.6 Å². The van der Waals surface area contributed by atoms with Gasteiger partial charge in [0.2, 0.25) is 5.91 Å². The Kier molecular flexibility index (Phi) is 10.2. The molecule has 2 rings (SSSR count). The zero-order valence-corrected chi connectivity index (χ0v) is 19.2. The third-order valence-corrected chi connectivity index (χ3v) is 6.65. The Bertz CT molecular complexity index is 598. The third-order valence-electron chi connectivity index (χ3n) is 5.06. The Morgan fingerprint density at radius 3 is 2.75 bits per heavy atom. The van der Waals surface area contributed by atoms with E-state index in [1.54, 1.807) is 30.8 Å². The molecule has 1 atom stereocenters. The molecule has 1 fully saturated rings. The van der Waals surface area contributed by atoms with Gasteiger partial charge in [0, 0.05) is 37.8 Å². The number of carbonyl (C=O) groups is 1. The Balaban J connectivity index is 2.02. The molecule has 1 saturated heterocycles. The minimum atomic E-state index is 0.00536. The van der Waals surface area contributed by atoms with Crippen LogP contribution in [0.5, 0.6) is 0 Å². The summed E-state index contributed by atoms with van der Waals surface area (Å²) in [5.41, 5.74) is 0. The minimum absolute atomic E-state index is 0.00536. The first-order valence-corrected chi connectivity index (χ1v) is 12.3. The molecule has 1 unspecified atom stereocenters. The molecule has 0 spiro atoms. The number of hydrogen-bond acceptors (Lipinski definition) is 5. The summed E-state index contributed by atoms with van der Waals surface area (Å²) in [4.78, 5) is 22.0. The molecule has 1 aliphatic heterocycles. The fourth-order valence-electron chi connectivity index (χ4n) is 3.16. The average Bonchev–Trinajstić information content (AvgIpc) is 3.21. The molecule has 1 aliphatic rings. The van der Waals surface area contributed by atoms with Gasteiger partial charge < -0.3 is 15.5 Å². The highest BCUT2D eigenvalue weighted by Crippen LogP contribution is 2.29. The lowest BCUT2D eigenvalue weighted by Crippen LogP contribution is -2.45. The molecule has 0 bridgehead atoms. The number of thioether (sulfide) groups is 1. The zero-order chi connectivity index (χ0) is 20.4. The summed E-state index contributed by atoms with van der Waals surface area (Å²) in [5.74, 6) is 2.54. The van der Waals surface area contributed by atoms with Crippen molar-refractivity contribution in [2.75, 3.05) is 58.8 Å². The second kappa shape index (κ2) is 12.3. The zero-order valence-electron chi connectivity index (χ0n) is 17.6. The first-order valence-electron chi connectivity index (χ1n) is 10.00. The van der Waals surface area contributed by atoms with Crippen molar-refractivity contribution in [1.82, 2.24) is 20.4 Å². The van der Waals surface area contributed by atoms with E-state index < -0.39 is 0 Å². The van der Waals surface area contributed by atoms with E-state index in [0.717, 1.165) is 43.8 Å². The molecule has 1 aromatic rings. The number of aliphatic imine (C=N–C) groups is 1. The number of likely N-dealkylation sites (tertiary alicyclic amines) is 1. The van der Waals surface area contributed by atoms with Gasteiger partial charge in [0.1, 0.15) is 6.54 Å². The third kappa shape index (κ3) is 7.64. The highest BCUT2D eigenvalue weighted by molar-refractivity contribution is 7.98. The highest BCUT2D eigenvalue weighted by atomic mass is 32.2. The molecule has 158 valence electrons. The summed E-state index contributed by atoms with van der Waals surface area (Å²) in [7, 11) is 3.52. The molecule has 0 saturated carbocycles. The van der Waals surface area contributed by atoms with Crippen LogP contribution in [0.3, 0.4) is 0 Å². The van der Waals surface area contributed by atoms with Gasteiger partial charge in [0.15, 0.2) is 5.96 Å². The van der Waals surface area contributed by atoms with E-state index in [0.29, 0.717) is 6.04 Å². The fraction of sp³-hybridized carbons (Fsp3) is 0.700. The van der Waals surface area contributed by atoms with Crippen LogP contribution in [0, 0.1) is 5.92 Å². The SMILES string of the molecule is CSCCNC(=NCC(=O)N(C)C)NCC(c1cccs1)N1CCC(C)CC1. The maximum atomic E-state index is 11.9. The van der Waals surface area contributed by atoms with Crippen molar-refractivity contribution in [2.45, 2.75) is 25.8 Å². The van der Waals surface area contributed by atoms with E-state index in [4.69, 9.17) is 0 Å². The molecule has 8 heteroatoms. The number of likely N-dealkylation sites (N-methyl/N-ethyl adjacent to an activating group) is 1. The normalized spacial score (nSPS) is 17.4. The lowest BCUT2D eigenvalue weighted by molar-refractivity contribution is -0.127. The Morgan fingerprint density at radius 1 is 1.39 bits per heavy atom. The van der Waals surface area contributed by atoms with Crippen LogP contribution in [0.1, 0.15) is 30.7 Å². The van der Waals surface area contributed by atoms with Crippen molar-refractivity contribution in [2.24, 2.45) is 10.9 Å². The van der Waals surface area contributed by atoms with Gasteiger partial charge in [-0.1, -0.05) is 13.0 Å². The van der Waals surface area contributed by atoms with E-state index in [9.17, 15) is 4.79 Å². The number of hydrogen-bond donors (Lipinski definition) is 2. The maximum absolute atomic E-state index is 11.9.